The van der Waals surface area contributed by atoms with Gasteiger partial charge in [0, 0.05) is 50.1 Å². The Bertz CT molecular complexity index is 1010. The zero-order valence-corrected chi connectivity index (χ0v) is 23.4. The molecular weight excluding hydrogens is 516 g/mol. The zero-order chi connectivity index (χ0) is 28.2. The van der Waals surface area contributed by atoms with Crippen LogP contribution in [0.3, 0.4) is 0 Å². The molecule has 0 N–H and O–H groups in total. The number of ether oxygens (including phenoxy) is 6. The first kappa shape index (κ1) is 29.8. The van der Waals surface area contributed by atoms with Crippen LogP contribution in [0.1, 0.15) is 50.7 Å². The molecule has 0 bridgehead atoms. The van der Waals surface area contributed by atoms with Crippen molar-refractivity contribution in [2.24, 2.45) is 0 Å². The fourth-order valence-electron chi connectivity index (χ4n) is 4.52. The second-order valence-electron chi connectivity index (χ2n) is 9.93. The molecule has 4 rings (SSSR count). The van der Waals surface area contributed by atoms with E-state index in [2.05, 4.69) is 9.80 Å². The highest BCUT2D eigenvalue weighted by atomic mass is 16.7. The lowest BCUT2D eigenvalue weighted by molar-refractivity contribution is -0.178. The van der Waals surface area contributed by atoms with Crippen molar-refractivity contribution in [3.8, 4) is 11.5 Å². The van der Waals surface area contributed by atoms with E-state index in [4.69, 9.17) is 28.4 Å². The standard InChI is InChI=1S/C30H40N2O8/c1-23(35-17-15-31-19-25-9-3-5-11-27(25)37-21-31)39-29(33)13-7-8-14-30(34)40-24(2)36-18-16-32-20-26-10-4-6-12-28(26)38-22-32/h3-6,9-12,23-24H,7-8,13-22H2,1-2H3. The van der Waals surface area contributed by atoms with Gasteiger partial charge in [-0.2, -0.15) is 0 Å². The van der Waals surface area contributed by atoms with Crippen LogP contribution < -0.4 is 9.47 Å². The van der Waals surface area contributed by atoms with Gasteiger partial charge in [-0.25, -0.2) is 0 Å². The summed E-state index contributed by atoms with van der Waals surface area (Å²) in [6.45, 7) is 8.19. The van der Waals surface area contributed by atoms with E-state index in [1.807, 2.05) is 48.5 Å². The lowest BCUT2D eigenvalue weighted by Crippen LogP contribution is -2.35. The quantitative estimate of drug-likeness (QED) is 0.182. The fourth-order valence-corrected chi connectivity index (χ4v) is 4.52. The lowest BCUT2D eigenvalue weighted by atomic mass is 10.2. The number of unbranched alkanes of at least 4 members (excludes halogenated alkanes) is 1. The van der Waals surface area contributed by atoms with Crippen molar-refractivity contribution < 1.29 is 38.0 Å². The van der Waals surface area contributed by atoms with Crippen molar-refractivity contribution in [3.63, 3.8) is 0 Å². The minimum atomic E-state index is -0.639. The molecule has 2 aromatic carbocycles. The van der Waals surface area contributed by atoms with E-state index in [0.717, 1.165) is 35.7 Å². The third-order valence-corrected chi connectivity index (χ3v) is 6.67. The van der Waals surface area contributed by atoms with E-state index in [1.165, 1.54) is 0 Å². The number of benzene rings is 2. The maximum absolute atomic E-state index is 12.1. The predicted octanol–water partition coefficient (Wildman–Crippen LogP) is 4.06. The average molecular weight is 557 g/mol. The number of fused-ring (bicyclic) bond motifs is 2. The molecule has 0 saturated heterocycles. The van der Waals surface area contributed by atoms with Gasteiger partial charge < -0.3 is 28.4 Å². The van der Waals surface area contributed by atoms with E-state index in [9.17, 15) is 9.59 Å². The van der Waals surface area contributed by atoms with Crippen LogP contribution in [0.5, 0.6) is 11.5 Å². The van der Waals surface area contributed by atoms with E-state index in [1.54, 1.807) is 13.8 Å². The highest BCUT2D eigenvalue weighted by molar-refractivity contribution is 5.70. The molecule has 0 amide bonds. The van der Waals surface area contributed by atoms with Gasteiger partial charge in [0.1, 0.15) is 25.0 Å². The molecule has 10 nitrogen and oxygen atoms in total. The summed E-state index contributed by atoms with van der Waals surface area (Å²) in [6, 6.07) is 16.0. The number of rotatable bonds is 15. The van der Waals surface area contributed by atoms with E-state index < -0.39 is 12.6 Å². The van der Waals surface area contributed by atoms with Gasteiger partial charge in [0.25, 0.3) is 0 Å². The number of carbonyl (C=O) groups is 2. The summed E-state index contributed by atoms with van der Waals surface area (Å²) in [4.78, 5) is 28.5. The van der Waals surface area contributed by atoms with Crippen LogP contribution >= 0.6 is 0 Å². The molecule has 2 atom stereocenters. The average Bonchev–Trinajstić information content (AvgIpc) is 2.95. The third kappa shape index (κ3) is 9.78. The molecule has 40 heavy (non-hydrogen) atoms. The van der Waals surface area contributed by atoms with Gasteiger partial charge >= 0.3 is 11.9 Å². The monoisotopic (exact) mass is 556 g/mol. The van der Waals surface area contributed by atoms with Crippen LogP contribution in [0.25, 0.3) is 0 Å². The summed E-state index contributed by atoms with van der Waals surface area (Å²) in [5.74, 6) is 1.14. The van der Waals surface area contributed by atoms with E-state index in [0.29, 0.717) is 52.6 Å². The molecular formula is C30H40N2O8. The Morgan fingerprint density at radius 3 is 1.60 bits per heavy atom. The minimum absolute atomic E-state index is 0.213. The number of esters is 2. The third-order valence-electron chi connectivity index (χ3n) is 6.67. The zero-order valence-electron chi connectivity index (χ0n) is 23.4. The van der Waals surface area contributed by atoms with Gasteiger partial charge in [0.05, 0.1) is 13.2 Å². The van der Waals surface area contributed by atoms with Crippen LogP contribution in [0.15, 0.2) is 48.5 Å². The summed E-state index contributed by atoms with van der Waals surface area (Å²) >= 11 is 0. The summed E-state index contributed by atoms with van der Waals surface area (Å²) < 4.78 is 33.4. The van der Waals surface area contributed by atoms with Crippen molar-refractivity contribution in [1.29, 1.82) is 0 Å². The number of hydrogen-bond acceptors (Lipinski definition) is 10. The molecule has 218 valence electrons. The van der Waals surface area contributed by atoms with Crippen LogP contribution in [-0.2, 0) is 41.6 Å². The van der Waals surface area contributed by atoms with Gasteiger partial charge in [-0.1, -0.05) is 36.4 Å². The SMILES string of the molecule is CC(OCCN1COc2ccccc2C1)OC(=O)CCCCC(=O)OC(C)OCCN1COc2ccccc2C1. The fraction of sp³-hybridized carbons (Fsp3) is 0.533. The molecule has 2 aromatic rings. The Labute approximate surface area is 236 Å². The summed E-state index contributed by atoms with van der Waals surface area (Å²) in [7, 11) is 0. The first-order chi connectivity index (χ1) is 19.5. The number of hydrogen-bond donors (Lipinski definition) is 0. The largest absolute Gasteiger partial charge is 0.478 e. The second kappa shape index (κ2) is 15.6. The highest BCUT2D eigenvalue weighted by Gasteiger charge is 2.19. The molecule has 0 aromatic heterocycles. The van der Waals surface area contributed by atoms with Crippen LogP contribution in [-0.4, -0.2) is 74.1 Å². The minimum Gasteiger partial charge on any atom is -0.478 e. The maximum Gasteiger partial charge on any atom is 0.308 e. The maximum atomic E-state index is 12.1. The van der Waals surface area contributed by atoms with E-state index in [-0.39, 0.29) is 24.8 Å². The normalized spacial score (nSPS) is 16.6. The van der Waals surface area contributed by atoms with Gasteiger partial charge in [0.15, 0.2) is 12.6 Å². The smallest absolute Gasteiger partial charge is 0.308 e. The summed E-state index contributed by atoms with van der Waals surface area (Å²) in [5, 5.41) is 0. The number of carbonyl (C=O) groups excluding carboxylic acids is 2. The van der Waals surface area contributed by atoms with Crippen LogP contribution in [0.4, 0.5) is 0 Å². The van der Waals surface area contributed by atoms with Crippen molar-refractivity contribution in [2.75, 3.05) is 39.8 Å². The van der Waals surface area contributed by atoms with Crippen molar-refractivity contribution in [3.05, 3.63) is 59.7 Å². The molecule has 2 unspecified atom stereocenters. The topological polar surface area (TPSA) is 96.0 Å². The van der Waals surface area contributed by atoms with Crippen molar-refractivity contribution in [2.45, 2.75) is 65.2 Å². The molecule has 2 aliphatic rings. The first-order valence-electron chi connectivity index (χ1n) is 13.9. The number of para-hydroxylation sites is 2. The Balaban J connectivity index is 0.983. The van der Waals surface area contributed by atoms with Gasteiger partial charge in [0.2, 0.25) is 0 Å². The van der Waals surface area contributed by atoms with Crippen molar-refractivity contribution >= 4 is 11.9 Å². The van der Waals surface area contributed by atoms with Gasteiger partial charge in [-0.3, -0.25) is 19.4 Å². The highest BCUT2D eigenvalue weighted by Crippen LogP contribution is 2.25. The Kier molecular flexibility index (Phi) is 11.6. The molecule has 0 spiro atoms. The molecule has 0 saturated carbocycles. The second-order valence-corrected chi connectivity index (χ2v) is 9.93. The molecule has 10 heteroatoms. The summed E-state index contributed by atoms with van der Waals surface area (Å²) in [5.41, 5.74) is 2.29. The predicted molar refractivity (Wildman–Crippen MR) is 146 cm³/mol. The van der Waals surface area contributed by atoms with Gasteiger partial charge in [-0.05, 0) is 38.8 Å². The Hall–Kier alpha value is -3.18. The van der Waals surface area contributed by atoms with E-state index >= 15 is 0 Å². The summed E-state index contributed by atoms with van der Waals surface area (Å²) in [6.07, 6.45) is 0.197. The molecule has 0 aliphatic carbocycles. The lowest BCUT2D eigenvalue weighted by Gasteiger charge is -2.29. The Morgan fingerprint density at radius 2 is 1.15 bits per heavy atom. The molecule has 0 fully saturated rings. The molecule has 2 heterocycles. The van der Waals surface area contributed by atoms with Crippen LogP contribution in [0.2, 0.25) is 0 Å². The first-order valence-corrected chi connectivity index (χ1v) is 13.9. The van der Waals surface area contributed by atoms with Crippen LogP contribution in [0, 0.1) is 0 Å². The van der Waals surface area contributed by atoms with Gasteiger partial charge in [-0.15, -0.1) is 0 Å². The molecule has 0 radical (unpaired) electrons. The Morgan fingerprint density at radius 1 is 0.725 bits per heavy atom. The molecule has 2 aliphatic heterocycles. The number of nitrogens with zero attached hydrogens (tertiary/aromatic N) is 2. The van der Waals surface area contributed by atoms with Crippen molar-refractivity contribution in [1.82, 2.24) is 9.80 Å².